The molecule has 4 rings (SSSR count). The molecule has 1 saturated heterocycles. The van der Waals surface area contributed by atoms with Gasteiger partial charge in [-0.3, -0.25) is 19.5 Å². The predicted octanol–water partition coefficient (Wildman–Crippen LogP) is 3.02. The van der Waals surface area contributed by atoms with E-state index in [4.69, 9.17) is 0 Å². The number of carbonyl (C=O) groups excluding carboxylic acids is 2. The smallest absolute Gasteiger partial charge is 0.251 e. The van der Waals surface area contributed by atoms with Gasteiger partial charge in [0.05, 0.1) is 17.3 Å². The number of benzene rings is 1. The molecule has 1 aliphatic heterocycles. The zero-order chi connectivity index (χ0) is 19.7. The van der Waals surface area contributed by atoms with Crippen LogP contribution in [0.15, 0.2) is 36.7 Å². The Labute approximate surface area is 163 Å². The van der Waals surface area contributed by atoms with Crippen LogP contribution in [0.25, 0.3) is 0 Å². The highest BCUT2D eigenvalue weighted by atomic mass is 19.1. The summed E-state index contributed by atoms with van der Waals surface area (Å²) in [5.41, 5.74) is 0.605. The number of carbonyl (C=O) groups is 2. The maximum absolute atomic E-state index is 13.4. The molecule has 28 heavy (non-hydrogen) atoms. The fraction of sp³-hybridized carbons (Fsp3) is 0.429. The van der Waals surface area contributed by atoms with Gasteiger partial charge in [0.2, 0.25) is 5.91 Å². The molecular formula is C21H23FN4O2. The molecule has 2 heterocycles. The normalized spacial score (nSPS) is 24.6. The van der Waals surface area contributed by atoms with Gasteiger partial charge in [-0.25, -0.2) is 9.37 Å². The SMILES string of the molecule is Cc1cncc(N2CCC3(CCCC(NC(=O)c4cccc(F)c4)C3)C2=O)n1. The van der Waals surface area contributed by atoms with E-state index < -0.39 is 11.2 Å². The van der Waals surface area contributed by atoms with Crippen molar-refractivity contribution in [3.8, 4) is 0 Å². The van der Waals surface area contributed by atoms with Gasteiger partial charge in [0.1, 0.15) is 5.82 Å². The van der Waals surface area contributed by atoms with E-state index in [2.05, 4.69) is 15.3 Å². The summed E-state index contributed by atoms with van der Waals surface area (Å²) in [6, 6.07) is 5.56. The minimum atomic E-state index is -0.469. The number of aryl methyl sites for hydroxylation is 1. The fourth-order valence-corrected chi connectivity index (χ4v) is 4.43. The van der Waals surface area contributed by atoms with Gasteiger partial charge in [-0.2, -0.15) is 0 Å². The third kappa shape index (κ3) is 3.48. The molecule has 2 fully saturated rings. The average molecular weight is 382 g/mol. The first-order chi connectivity index (χ1) is 13.5. The highest BCUT2D eigenvalue weighted by Gasteiger charge is 2.50. The van der Waals surface area contributed by atoms with E-state index in [0.29, 0.717) is 24.3 Å². The minimum Gasteiger partial charge on any atom is -0.349 e. The Bertz CT molecular complexity index is 919. The number of nitrogens with zero attached hydrogens (tertiary/aromatic N) is 3. The number of rotatable bonds is 3. The van der Waals surface area contributed by atoms with Crippen LogP contribution in [0.5, 0.6) is 0 Å². The molecule has 2 unspecified atom stereocenters. The average Bonchev–Trinajstić information content (AvgIpc) is 2.97. The van der Waals surface area contributed by atoms with Crippen LogP contribution in [-0.4, -0.2) is 34.4 Å². The quantitative estimate of drug-likeness (QED) is 0.885. The van der Waals surface area contributed by atoms with Crippen LogP contribution in [0.4, 0.5) is 10.2 Å². The van der Waals surface area contributed by atoms with Crippen LogP contribution in [0.1, 0.15) is 48.2 Å². The van der Waals surface area contributed by atoms with Crippen molar-refractivity contribution >= 4 is 17.6 Å². The molecule has 1 aromatic carbocycles. The van der Waals surface area contributed by atoms with E-state index in [0.717, 1.165) is 31.4 Å². The molecule has 1 aromatic heterocycles. The number of halogens is 1. The molecule has 146 valence electrons. The number of nitrogens with one attached hydrogen (secondary N) is 1. The van der Waals surface area contributed by atoms with Crippen LogP contribution < -0.4 is 10.2 Å². The molecule has 1 aliphatic carbocycles. The monoisotopic (exact) mass is 382 g/mol. The molecule has 1 saturated carbocycles. The molecule has 6 nitrogen and oxygen atoms in total. The first-order valence-electron chi connectivity index (χ1n) is 9.64. The maximum Gasteiger partial charge on any atom is 0.251 e. The molecule has 2 atom stereocenters. The minimum absolute atomic E-state index is 0.0668. The summed E-state index contributed by atoms with van der Waals surface area (Å²) in [7, 11) is 0. The van der Waals surface area contributed by atoms with Crippen molar-refractivity contribution in [2.45, 2.75) is 45.1 Å². The van der Waals surface area contributed by atoms with Gasteiger partial charge in [-0.15, -0.1) is 0 Å². The van der Waals surface area contributed by atoms with E-state index in [9.17, 15) is 14.0 Å². The van der Waals surface area contributed by atoms with Gasteiger partial charge >= 0.3 is 0 Å². The molecule has 1 spiro atoms. The number of amides is 2. The van der Waals surface area contributed by atoms with Crippen molar-refractivity contribution in [3.63, 3.8) is 0 Å². The third-order valence-electron chi connectivity index (χ3n) is 5.80. The van der Waals surface area contributed by atoms with E-state index in [1.54, 1.807) is 23.4 Å². The Morgan fingerprint density at radius 1 is 1.32 bits per heavy atom. The van der Waals surface area contributed by atoms with Crippen LogP contribution >= 0.6 is 0 Å². The lowest BCUT2D eigenvalue weighted by molar-refractivity contribution is -0.127. The topological polar surface area (TPSA) is 75.2 Å². The second kappa shape index (κ2) is 7.30. The third-order valence-corrected chi connectivity index (χ3v) is 5.80. The van der Waals surface area contributed by atoms with E-state index in [1.807, 2.05) is 6.92 Å². The van der Waals surface area contributed by atoms with Gasteiger partial charge in [-0.05, 0) is 50.8 Å². The molecule has 2 amide bonds. The van der Waals surface area contributed by atoms with Crippen molar-refractivity contribution < 1.29 is 14.0 Å². The second-order valence-corrected chi connectivity index (χ2v) is 7.78. The fourth-order valence-electron chi connectivity index (χ4n) is 4.43. The van der Waals surface area contributed by atoms with E-state index in [1.165, 1.54) is 18.2 Å². The Balaban J connectivity index is 1.47. The van der Waals surface area contributed by atoms with Gasteiger partial charge in [-0.1, -0.05) is 12.5 Å². The Morgan fingerprint density at radius 2 is 2.18 bits per heavy atom. The lowest BCUT2D eigenvalue weighted by atomic mass is 9.71. The van der Waals surface area contributed by atoms with Crippen LogP contribution in [0, 0.1) is 18.2 Å². The first kappa shape index (κ1) is 18.5. The summed E-state index contributed by atoms with van der Waals surface area (Å²) in [5, 5.41) is 2.99. The molecule has 0 radical (unpaired) electrons. The van der Waals surface area contributed by atoms with Gasteiger partial charge in [0, 0.05) is 24.3 Å². The molecule has 0 bridgehead atoms. The maximum atomic E-state index is 13.4. The first-order valence-corrected chi connectivity index (χ1v) is 9.64. The van der Waals surface area contributed by atoms with Crippen molar-refractivity contribution in [1.82, 2.24) is 15.3 Å². The van der Waals surface area contributed by atoms with Gasteiger partial charge in [0.25, 0.3) is 5.91 Å². The summed E-state index contributed by atoms with van der Waals surface area (Å²) < 4.78 is 13.4. The highest BCUT2D eigenvalue weighted by molar-refractivity contribution is 5.99. The number of anilines is 1. The van der Waals surface area contributed by atoms with E-state index >= 15 is 0 Å². The van der Waals surface area contributed by atoms with Crippen molar-refractivity contribution in [3.05, 3.63) is 53.7 Å². The Kier molecular flexibility index (Phi) is 4.83. The predicted molar refractivity (Wildman–Crippen MR) is 102 cm³/mol. The Hall–Kier alpha value is -2.83. The number of aromatic nitrogens is 2. The van der Waals surface area contributed by atoms with Crippen molar-refractivity contribution in [2.24, 2.45) is 5.41 Å². The summed E-state index contributed by atoms with van der Waals surface area (Å²) in [4.78, 5) is 36.0. The zero-order valence-corrected chi connectivity index (χ0v) is 15.8. The standard InChI is InChI=1S/C21H23FN4O2/c1-14-12-23-13-18(24-14)26-9-8-21(20(26)28)7-3-6-17(11-21)25-19(27)15-4-2-5-16(22)10-15/h2,4-5,10,12-13,17H,3,6-9,11H2,1H3,(H,25,27). The summed E-state index contributed by atoms with van der Waals surface area (Å²) in [5.74, 6) is -0.0769. The zero-order valence-electron chi connectivity index (χ0n) is 15.8. The van der Waals surface area contributed by atoms with E-state index in [-0.39, 0.29) is 17.9 Å². The molecule has 7 heteroatoms. The molecule has 1 N–H and O–H groups in total. The Morgan fingerprint density at radius 3 is 2.96 bits per heavy atom. The lowest BCUT2D eigenvalue weighted by Crippen LogP contribution is -2.46. The number of hydrogen-bond acceptors (Lipinski definition) is 4. The largest absolute Gasteiger partial charge is 0.349 e. The van der Waals surface area contributed by atoms with Crippen LogP contribution in [0.2, 0.25) is 0 Å². The molecular weight excluding hydrogens is 359 g/mol. The number of hydrogen-bond donors (Lipinski definition) is 1. The van der Waals surface area contributed by atoms with Gasteiger partial charge < -0.3 is 5.32 Å². The van der Waals surface area contributed by atoms with Crippen molar-refractivity contribution in [1.29, 1.82) is 0 Å². The van der Waals surface area contributed by atoms with Crippen LogP contribution in [-0.2, 0) is 4.79 Å². The highest BCUT2D eigenvalue weighted by Crippen LogP contribution is 2.45. The van der Waals surface area contributed by atoms with Crippen LogP contribution in [0.3, 0.4) is 0 Å². The second-order valence-electron chi connectivity index (χ2n) is 7.78. The summed E-state index contributed by atoms with van der Waals surface area (Å²) in [6.45, 7) is 2.47. The van der Waals surface area contributed by atoms with Gasteiger partial charge in [0.15, 0.2) is 5.82 Å². The summed E-state index contributed by atoms with van der Waals surface area (Å²) in [6.07, 6.45) is 7.13. The lowest BCUT2D eigenvalue weighted by Gasteiger charge is -2.36. The summed E-state index contributed by atoms with van der Waals surface area (Å²) >= 11 is 0. The molecule has 2 aromatic rings. The molecule has 2 aliphatic rings. The van der Waals surface area contributed by atoms with Crippen molar-refractivity contribution in [2.75, 3.05) is 11.4 Å².